The highest BCUT2D eigenvalue weighted by Crippen LogP contribution is 2.39. The summed E-state index contributed by atoms with van der Waals surface area (Å²) >= 11 is 0. The SMILES string of the molecule is CCOC1(c2noc([C@@H](N)CO)n2)CCCCC1. The van der Waals surface area contributed by atoms with Gasteiger partial charge in [0.05, 0.1) is 6.61 Å². The number of ether oxygens (including phenoxy) is 1. The van der Waals surface area contributed by atoms with Crippen LogP contribution in [0.25, 0.3) is 0 Å². The average molecular weight is 255 g/mol. The van der Waals surface area contributed by atoms with Gasteiger partial charge in [-0.05, 0) is 19.8 Å². The molecule has 0 radical (unpaired) electrons. The molecule has 6 nitrogen and oxygen atoms in total. The molecule has 6 heteroatoms. The third-order valence-electron chi connectivity index (χ3n) is 3.45. The Morgan fingerprint density at radius 2 is 2.17 bits per heavy atom. The first-order valence-electron chi connectivity index (χ1n) is 6.56. The van der Waals surface area contributed by atoms with Crippen LogP contribution in [0.2, 0.25) is 0 Å². The number of aliphatic hydroxyl groups excluding tert-OH is 1. The fourth-order valence-electron chi connectivity index (χ4n) is 2.48. The largest absolute Gasteiger partial charge is 0.394 e. The summed E-state index contributed by atoms with van der Waals surface area (Å²) in [5.41, 5.74) is 5.24. The first-order chi connectivity index (χ1) is 8.72. The van der Waals surface area contributed by atoms with Gasteiger partial charge >= 0.3 is 0 Å². The van der Waals surface area contributed by atoms with Crippen LogP contribution < -0.4 is 5.73 Å². The lowest BCUT2D eigenvalue weighted by Crippen LogP contribution is -2.33. The number of rotatable bonds is 5. The van der Waals surface area contributed by atoms with Gasteiger partial charge in [-0.15, -0.1) is 0 Å². The van der Waals surface area contributed by atoms with E-state index in [2.05, 4.69) is 10.1 Å². The predicted octanol–water partition coefficient (Wildman–Crippen LogP) is 1.26. The fraction of sp³-hybridized carbons (Fsp3) is 0.833. The van der Waals surface area contributed by atoms with E-state index in [9.17, 15) is 0 Å². The van der Waals surface area contributed by atoms with Gasteiger partial charge in [-0.3, -0.25) is 0 Å². The molecule has 0 saturated heterocycles. The number of nitrogens with zero attached hydrogens (tertiary/aromatic N) is 2. The van der Waals surface area contributed by atoms with Crippen LogP contribution in [0, 0.1) is 0 Å². The van der Waals surface area contributed by atoms with E-state index in [0.717, 1.165) is 25.7 Å². The van der Waals surface area contributed by atoms with Gasteiger partial charge in [0.2, 0.25) is 11.7 Å². The molecule has 0 unspecified atom stereocenters. The Bertz CT molecular complexity index is 369. The van der Waals surface area contributed by atoms with Gasteiger partial charge in [0.15, 0.2) is 0 Å². The minimum absolute atomic E-state index is 0.205. The van der Waals surface area contributed by atoms with E-state index in [1.165, 1.54) is 6.42 Å². The molecule has 1 atom stereocenters. The lowest BCUT2D eigenvalue weighted by Gasteiger charge is -2.33. The first-order valence-corrected chi connectivity index (χ1v) is 6.56. The fourth-order valence-corrected chi connectivity index (χ4v) is 2.48. The molecule has 0 aliphatic heterocycles. The predicted molar refractivity (Wildman–Crippen MR) is 64.7 cm³/mol. The zero-order valence-corrected chi connectivity index (χ0v) is 10.8. The minimum Gasteiger partial charge on any atom is -0.394 e. The summed E-state index contributed by atoms with van der Waals surface area (Å²) in [4.78, 5) is 4.31. The molecule has 1 aliphatic rings. The van der Waals surface area contributed by atoms with Crippen LogP contribution in [0.3, 0.4) is 0 Å². The highest BCUT2D eigenvalue weighted by Gasteiger charge is 2.39. The molecular formula is C12H21N3O3. The third kappa shape index (κ3) is 2.55. The normalized spacial score (nSPS) is 20.8. The van der Waals surface area contributed by atoms with E-state index in [1.807, 2.05) is 6.92 Å². The standard InChI is InChI=1S/C12H21N3O3/c1-2-17-12(6-4-3-5-7-12)11-14-10(18-15-11)9(13)8-16/h9,16H,2-8,13H2,1H3/t9-/m0/s1. The van der Waals surface area contributed by atoms with E-state index in [4.69, 9.17) is 20.1 Å². The van der Waals surface area contributed by atoms with Crippen molar-refractivity contribution in [3.8, 4) is 0 Å². The maximum atomic E-state index is 8.99. The zero-order chi connectivity index (χ0) is 13.0. The van der Waals surface area contributed by atoms with Crippen molar-refractivity contribution in [1.82, 2.24) is 10.1 Å². The maximum absolute atomic E-state index is 8.99. The summed E-state index contributed by atoms with van der Waals surface area (Å²) in [6, 6.07) is -0.617. The number of aromatic nitrogens is 2. The molecule has 1 saturated carbocycles. The van der Waals surface area contributed by atoms with E-state index in [1.54, 1.807) is 0 Å². The molecule has 1 aromatic rings. The Hall–Kier alpha value is -0.980. The van der Waals surface area contributed by atoms with Crippen LogP contribution in [0.5, 0.6) is 0 Å². The summed E-state index contributed by atoms with van der Waals surface area (Å²) in [7, 11) is 0. The summed E-state index contributed by atoms with van der Waals surface area (Å²) in [6.45, 7) is 2.38. The number of nitrogens with two attached hydrogens (primary N) is 1. The number of hydrogen-bond donors (Lipinski definition) is 2. The first kappa shape index (κ1) is 13.5. The molecule has 102 valence electrons. The molecular weight excluding hydrogens is 234 g/mol. The highest BCUT2D eigenvalue weighted by molar-refractivity contribution is 5.04. The molecule has 1 heterocycles. The van der Waals surface area contributed by atoms with E-state index in [-0.39, 0.29) is 12.5 Å². The lowest BCUT2D eigenvalue weighted by atomic mass is 9.84. The van der Waals surface area contributed by atoms with Crippen molar-refractivity contribution in [2.24, 2.45) is 5.73 Å². The molecule has 3 N–H and O–H groups in total. The Labute approximate surface area is 107 Å². The van der Waals surface area contributed by atoms with E-state index in [0.29, 0.717) is 12.4 Å². The van der Waals surface area contributed by atoms with Crippen LogP contribution in [0.4, 0.5) is 0 Å². The maximum Gasteiger partial charge on any atom is 0.246 e. The summed E-state index contributed by atoms with van der Waals surface area (Å²) in [6.07, 6.45) is 5.25. The molecule has 1 aliphatic carbocycles. The Kier molecular flexibility index (Phi) is 4.31. The van der Waals surface area contributed by atoms with Crippen molar-refractivity contribution >= 4 is 0 Å². The molecule has 18 heavy (non-hydrogen) atoms. The number of aliphatic hydroxyl groups is 1. The minimum atomic E-state index is -0.617. The van der Waals surface area contributed by atoms with Crippen LogP contribution in [-0.4, -0.2) is 28.5 Å². The molecule has 0 bridgehead atoms. The van der Waals surface area contributed by atoms with Gasteiger partial charge < -0.3 is 20.1 Å². The van der Waals surface area contributed by atoms with Crippen molar-refractivity contribution in [2.45, 2.75) is 50.7 Å². The highest BCUT2D eigenvalue weighted by atomic mass is 16.5. The molecule has 0 amide bonds. The second-order valence-electron chi connectivity index (χ2n) is 4.73. The van der Waals surface area contributed by atoms with Crippen molar-refractivity contribution in [2.75, 3.05) is 13.2 Å². The van der Waals surface area contributed by atoms with Crippen molar-refractivity contribution in [3.63, 3.8) is 0 Å². The molecule has 2 rings (SSSR count). The van der Waals surface area contributed by atoms with Gasteiger partial charge in [-0.1, -0.05) is 24.4 Å². The van der Waals surface area contributed by atoms with Gasteiger partial charge in [0, 0.05) is 6.61 Å². The van der Waals surface area contributed by atoms with Gasteiger partial charge in [0.25, 0.3) is 0 Å². The van der Waals surface area contributed by atoms with Crippen LogP contribution in [0.15, 0.2) is 4.52 Å². The van der Waals surface area contributed by atoms with Crippen LogP contribution >= 0.6 is 0 Å². The molecule has 0 aromatic carbocycles. The second-order valence-corrected chi connectivity index (χ2v) is 4.73. The zero-order valence-electron chi connectivity index (χ0n) is 10.8. The van der Waals surface area contributed by atoms with Crippen molar-refractivity contribution in [1.29, 1.82) is 0 Å². The van der Waals surface area contributed by atoms with Crippen molar-refractivity contribution in [3.05, 3.63) is 11.7 Å². The summed E-state index contributed by atoms with van der Waals surface area (Å²) in [5.74, 6) is 0.847. The van der Waals surface area contributed by atoms with Crippen LogP contribution in [-0.2, 0) is 10.3 Å². The summed E-state index contributed by atoms with van der Waals surface area (Å²) in [5, 5.41) is 13.0. The Morgan fingerprint density at radius 1 is 1.44 bits per heavy atom. The molecule has 1 fully saturated rings. The quantitative estimate of drug-likeness (QED) is 0.822. The lowest BCUT2D eigenvalue weighted by molar-refractivity contribution is -0.0777. The Balaban J connectivity index is 2.22. The molecule has 1 aromatic heterocycles. The molecule has 0 spiro atoms. The Morgan fingerprint density at radius 3 is 2.78 bits per heavy atom. The third-order valence-corrected chi connectivity index (χ3v) is 3.45. The monoisotopic (exact) mass is 255 g/mol. The number of hydrogen-bond acceptors (Lipinski definition) is 6. The second kappa shape index (κ2) is 5.77. The van der Waals surface area contributed by atoms with E-state index < -0.39 is 11.6 Å². The van der Waals surface area contributed by atoms with Crippen molar-refractivity contribution < 1.29 is 14.4 Å². The van der Waals surface area contributed by atoms with Gasteiger partial charge in [-0.2, -0.15) is 4.98 Å². The summed E-state index contributed by atoms with van der Waals surface area (Å²) < 4.78 is 11.0. The van der Waals surface area contributed by atoms with Crippen LogP contribution in [0.1, 0.15) is 56.8 Å². The topological polar surface area (TPSA) is 94.4 Å². The average Bonchev–Trinajstić information content (AvgIpc) is 2.89. The smallest absolute Gasteiger partial charge is 0.246 e. The van der Waals surface area contributed by atoms with Gasteiger partial charge in [0.1, 0.15) is 11.6 Å². The van der Waals surface area contributed by atoms with Gasteiger partial charge in [-0.25, -0.2) is 0 Å². The van der Waals surface area contributed by atoms with E-state index >= 15 is 0 Å².